The lowest BCUT2D eigenvalue weighted by molar-refractivity contribution is -0.266. The number of hydrogen-bond acceptors (Lipinski definition) is 3. The van der Waals surface area contributed by atoms with Crippen molar-refractivity contribution in [1.29, 1.82) is 0 Å². The molecule has 0 spiro atoms. The van der Waals surface area contributed by atoms with E-state index in [0.29, 0.717) is 10.9 Å². The lowest BCUT2D eigenvalue weighted by Gasteiger charge is -2.38. The van der Waals surface area contributed by atoms with Gasteiger partial charge in [0.25, 0.3) is 0 Å². The van der Waals surface area contributed by atoms with Crippen molar-refractivity contribution in [2.24, 2.45) is 0 Å². The van der Waals surface area contributed by atoms with Gasteiger partial charge in [0, 0.05) is 28.6 Å². The number of nitrogens with one attached hydrogen (secondary N) is 1. The number of ether oxygens (including phenoxy) is 1. The number of fused-ring (bicyclic) bond motifs is 1. The van der Waals surface area contributed by atoms with E-state index < -0.39 is 41.8 Å². The molecular weight excluding hydrogens is 430 g/mol. The highest BCUT2D eigenvalue weighted by Crippen LogP contribution is 2.45. The van der Waals surface area contributed by atoms with Crippen LogP contribution in [0.1, 0.15) is 41.9 Å². The van der Waals surface area contributed by atoms with Gasteiger partial charge in [-0.15, -0.1) is 0 Å². The van der Waals surface area contributed by atoms with Crippen molar-refractivity contribution in [1.82, 2.24) is 4.98 Å². The number of alkyl halides is 3. The van der Waals surface area contributed by atoms with E-state index in [2.05, 4.69) is 4.98 Å². The number of halogens is 4. The van der Waals surface area contributed by atoms with Gasteiger partial charge in [0.05, 0.1) is 12.7 Å². The lowest BCUT2D eigenvalue weighted by Crippen LogP contribution is -2.51. The Morgan fingerprint density at radius 1 is 1.12 bits per heavy atom. The Balaban J connectivity index is 2.00. The van der Waals surface area contributed by atoms with E-state index in [1.807, 2.05) is 0 Å². The van der Waals surface area contributed by atoms with Crippen molar-refractivity contribution >= 4 is 16.9 Å². The molecule has 3 N–H and O–H groups in total. The van der Waals surface area contributed by atoms with Gasteiger partial charge in [-0.3, -0.25) is 0 Å². The van der Waals surface area contributed by atoms with E-state index >= 15 is 0 Å². The molecule has 0 aliphatic heterocycles. The molecule has 9 heteroatoms. The van der Waals surface area contributed by atoms with Gasteiger partial charge < -0.3 is 19.9 Å². The summed E-state index contributed by atoms with van der Waals surface area (Å²) in [5.41, 5.74) is -3.73. The number of benzene rings is 2. The first-order chi connectivity index (χ1) is 14.8. The zero-order chi connectivity index (χ0) is 23.9. The van der Waals surface area contributed by atoms with Gasteiger partial charge in [0.15, 0.2) is 17.2 Å². The fourth-order valence-corrected chi connectivity index (χ4v) is 4.07. The van der Waals surface area contributed by atoms with Crippen LogP contribution in [-0.2, 0) is 11.8 Å². The predicted molar refractivity (Wildman–Crippen MR) is 111 cm³/mol. The van der Waals surface area contributed by atoms with Gasteiger partial charge in [-0.2, -0.15) is 13.2 Å². The van der Waals surface area contributed by atoms with Crippen LogP contribution in [0, 0.1) is 5.82 Å². The minimum atomic E-state index is -4.99. The normalized spacial score (nSPS) is 14.4. The van der Waals surface area contributed by atoms with Gasteiger partial charge in [-0.25, -0.2) is 9.18 Å². The number of carbonyl (C=O) groups is 1. The molecule has 1 aromatic heterocycles. The van der Waals surface area contributed by atoms with E-state index in [1.54, 1.807) is 0 Å². The largest absolute Gasteiger partial charge is 0.493 e. The molecule has 172 valence electrons. The second-order valence-electron chi connectivity index (χ2n) is 8.49. The Kier molecular flexibility index (Phi) is 5.99. The van der Waals surface area contributed by atoms with E-state index in [4.69, 9.17) is 9.84 Å². The van der Waals surface area contributed by atoms with Crippen molar-refractivity contribution in [2.45, 2.75) is 43.9 Å². The molecule has 0 aliphatic rings. The van der Waals surface area contributed by atoms with Crippen molar-refractivity contribution in [3.63, 3.8) is 0 Å². The van der Waals surface area contributed by atoms with Crippen molar-refractivity contribution in [3.05, 3.63) is 65.1 Å². The van der Waals surface area contributed by atoms with Crippen LogP contribution in [0.5, 0.6) is 5.75 Å². The molecule has 0 aliphatic carbocycles. The Bertz CT molecular complexity index is 1150. The van der Waals surface area contributed by atoms with Gasteiger partial charge >= 0.3 is 12.1 Å². The molecule has 0 saturated carbocycles. The van der Waals surface area contributed by atoms with Crippen molar-refractivity contribution in [3.8, 4) is 5.75 Å². The van der Waals surface area contributed by atoms with Gasteiger partial charge in [0.1, 0.15) is 0 Å². The van der Waals surface area contributed by atoms with E-state index in [9.17, 15) is 27.5 Å². The third-order valence-corrected chi connectivity index (χ3v) is 5.57. The summed E-state index contributed by atoms with van der Waals surface area (Å²) in [6, 6.07) is 9.50. The standard InChI is InChI=1S/C23H23F4NO4/c1-21(2,16-5-4-6-17(24)19(16)32-3)12-22(31,23(25,26)27)11-15-10-14-9-13(20(29)30)7-8-18(14)28-15/h4-10,28,31H,11-12H2,1-3H3,(H,29,30). The van der Waals surface area contributed by atoms with Crippen LogP contribution in [0.25, 0.3) is 10.9 Å². The number of para-hydroxylation sites is 1. The number of rotatable bonds is 7. The molecule has 0 saturated heterocycles. The number of carboxylic acid groups (broad SMARTS) is 1. The number of aromatic carboxylic acids is 1. The maximum Gasteiger partial charge on any atom is 0.417 e. The molecule has 1 unspecified atom stereocenters. The van der Waals surface area contributed by atoms with E-state index in [-0.39, 0.29) is 22.6 Å². The topological polar surface area (TPSA) is 82.6 Å². The first-order valence-electron chi connectivity index (χ1n) is 9.74. The molecular formula is C23H23F4NO4. The Morgan fingerprint density at radius 3 is 2.41 bits per heavy atom. The Labute approximate surface area is 181 Å². The second kappa shape index (κ2) is 8.12. The molecule has 5 nitrogen and oxygen atoms in total. The van der Waals surface area contributed by atoms with Crippen LogP contribution < -0.4 is 4.74 Å². The monoisotopic (exact) mass is 453 g/mol. The first-order valence-corrected chi connectivity index (χ1v) is 9.74. The van der Waals surface area contributed by atoms with Gasteiger partial charge in [-0.05, 0) is 42.2 Å². The lowest BCUT2D eigenvalue weighted by atomic mass is 9.73. The van der Waals surface area contributed by atoms with Gasteiger partial charge in [-0.1, -0.05) is 26.0 Å². The average Bonchev–Trinajstić information content (AvgIpc) is 3.07. The number of aromatic amines is 1. The fraction of sp³-hybridized carbons (Fsp3) is 0.348. The number of methoxy groups -OCH3 is 1. The molecule has 3 aromatic rings. The highest BCUT2D eigenvalue weighted by atomic mass is 19.4. The summed E-state index contributed by atoms with van der Waals surface area (Å²) >= 11 is 0. The second-order valence-corrected chi connectivity index (χ2v) is 8.49. The molecule has 0 radical (unpaired) electrons. The highest BCUT2D eigenvalue weighted by molar-refractivity contribution is 5.93. The van der Waals surface area contributed by atoms with Crippen molar-refractivity contribution < 1.29 is 37.3 Å². The molecule has 0 amide bonds. The Morgan fingerprint density at radius 2 is 1.81 bits per heavy atom. The van der Waals surface area contributed by atoms with E-state index in [1.165, 1.54) is 57.4 Å². The number of carboxylic acids is 1. The number of H-pyrrole nitrogens is 1. The highest BCUT2D eigenvalue weighted by Gasteiger charge is 2.56. The zero-order valence-corrected chi connectivity index (χ0v) is 17.7. The quantitative estimate of drug-likeness (QED) is 0.429. The van der Waals surface area contributed by atoms with E-state index in [0.717, 1.165) is 6.07 Å². The molecule has 3 rings (SSSR count). The number of aliphatic hydroxyl groups is 1. The van der Waals surface area contributed by atoms with Crippen LogP contribution in [0.3, 0.4) is 0 Å². The average molecular weight is 453 g/mol. The Hall–Kier alpha value is -3.07. The minimum absolute atomic E-state index is 0.00605. The predicted octanol–water partition coefficient (Wildman–Crippen LogP) is 5.22. The summed E-state index contributed by atoms with van der Waals surface area (Å²) in [7, 11) is 1.23. The molecule has 0 fully saturated rings. The minimum Gasteiger partial charge on any atom is -0.493 e. The van der Waals surface area contributed by atoms with Crippen LogP contribution in [0.4, 0.5) is 17.6 Å². The SMILES string of the molecule is COc1c(F)cccc1C(C)(C)CC(O)(Cc1cc2cc(C(=O)O)ccc2[nH]1)C(F)(F)F. The van der Waals surface area contributed by atoms with Crippen LogP contribution in [-0.4, -0.2) is 40.1 Å². The van der Waals surface area contributed by atoms with Gasteiger partial charge in [0.2, 0.25) is 0 Å². The summed E-state index contributed by atoms with van der Waals surface area (Å²) < 4.78 is 61.4. The molecule has 0 bridgehead atoms. The number of aromatic nitrogens is 1. The third kappa shape index (κ3) is 4.43. The fourth-order valence-electron chi connectivity index (χ4n) is 4.07. The van der Waals surface area contributed by atoms with Crippen LogP contribution in [0.2, 0.25) is 0 Å². The van der Waals surface area contributed by atoms with Crippen LogP contribution >= 0.6 is 0 Å². The third-order valence-electron chi connectivity index (χ3n) is 5.57. The molecule has 32 heavy (non-hydrogen) atoms. The van der Waals surface area contributed by atoms with Crippen molar-refractivity contribution in [2.75, 3.05) is 7.11 Å². The smallest absolute Gasteiger partial charge is 0.417 e. The molecule has 1 heterocycles. The maximum atomic E-state index is 14.1. The maximum absolute atomic E-state index is 14.1. The van der Waals surface area contributed by atoms with Crippen LogP contribution in [0.15, 0.2) is 42.5 Å². The molecule has 1 atom stereocenters. The number of hydrogen-bond donors (Lipinski definition) is 3. The summed E-state index contributed by atoms with van der Waals surface area (Å²) in [4.78, 5) is 14.0. The molecule has 2 aromatic carbocycles. The zero-order valence-electron chi connectivity index (χ0n) is 17.7. The summed E-state index contributed by atoms with van der Waals surface area (Å²) in [6.07, 6.45) is -6.55. The first kappa shape index (κ1) is 23.6. The summed E-state index contributed by atoms with van der Waals surface area (Å²) in [5, 5.41) is 20.3. The summed E-state index contributed by atoms with van der Waals surface area (Å²) in [5.74, 6) is -2.04. The summed E-state index contributed by atoms with van der Waals surface area (Å²) in [6.45, 7) is 2.96.